The van der Waals surface area contributed by atoms with Gasteiger partial charge in [0.2, 0.25) is 0 Å². The zero-order chi connectivity index (χ0) is 11.5. The molecule has 1 saturated heterocycles. The van der Waals surface area contributed by atoms with E-state index in [4.69, 9.17) is 4.74 Å². The summed E-state index contributed by atoms with van der Waals surface area (Å²) in [5.41, 5.74) is 0.672. The fourth-order valence-corrected chi connectivity index (χ4v) is 2.18. The van der Waals surface area contributed by atoms with Crippen LogP contribution >= 0.6 is 0 Å². The monoisotopic (exact) mass is 213 g/mol. The van der Waals surface area contributed by atoms with Crippen molar-refractivity contribution in [3.63, 3.8) is 0 Å². The highest BCUT2D eigenvalue weighted by atomic mass is 16.5. The molecule has 0 radical (unpaired) electrons. The van der Waals surface area contributed by atoms with Crippen LogP contribution in [0.4, 0.5) is 0 Å². The second kappa shape index (κ2) is 4.84. The zero-order valence-electron chi connectivity index (χ0n) is 11.0. The molecule has 0 amide bonds. The number of nitrogens with one attached hydrogen (secondary N) is 1. The van der Waals surface area contributed by atoms with Crippen molar-refractivity contribution in [1.29, 1.82) is 0 Å². The van der Waals surface area contributed by atoms with Crippen molar-refractivity contribution < 1.29 is 4.74 Å². The molecule has 1 aliphatic rings. The highest BCUT2D eigenvalue weighted by molar-refractivity contribution is 4.88. The van der Waals surface area contributed by atoms with E-state index in [0.717, 1.165) is 25.7 Å². The lowest BCUT2D eigenvalue weighted by molar-refractivity contribution is -0.0126. The van der Waals surface area contributed by atoms with Gasteiger partial charge in [-0.25, -0.2) is 0 Å². The maximum atomic E-state index is 5.48. The van der Waals surface area contributed by atoms with E-state index in [2.05, 4.69) is 39.9 Å². The Bertz CT molecular complexity index is 187. The molecule has 0 aromatic carbocycles. The topological polar surface area (TPSA) is 21.3 Å². The van der Waals surface area contributed by atoms with Crippen LogP contribution in [0.5, 0.6) is 0 Å². The molecule has 2 heteroatoms. The Morgan fingerprint density at radius 1 is 1.20 bits per heavy atom. The minimum absolute atomic E-state index is 0.222. The lowest BCUT2D eigenvalue weighted by atomic mass is 9.71. The first-order valence-electron chi connectivity index (χ1n) is 6.18. The van der Waals surface area contributed by atoms with Crippen molar-refractivity contribution in [2.45, 2.75) is 53.0 Å². The zero-order valence-corrected chi connectivity index (χ0v) is 11.0. The van der Waals surface area contributed by atoms with Crippen molar-refractivity contribution in [3.05, 3.63) is 0 Å². The second-order valence-corrected chi connectivity index (χ2v) is 6.23. The molecular weight excluding hydrogens is 186 g/mol. The fraction of sp³-hybridized carbons (Fsp3) is 1.00. The second-order valence-electron chi connectivity index (χ2n) is 6.23. The van der Waals surface area contributed by atoms with Crippen LogP contribution in [-0.2, 0) is 4.74 Å². The molecule has 90 valence electrons. The minimum Gasteiger partial charge on any atom is -0.381 e. The van der Waals surface area contributed by atoms with Crippen molar-refractivity contribution in [2.24, 2.45) is 11.3 Å². The van der Waals surface area contributed by atoms with Gasteiger partial charge in [0.25, 0.3) is 0 Å². The predicted octanol–water partition coefficient (Wildman–Crippen LogP) is 2.83. The average molecular weight is 213 g/mol. The predicted molar refractivity (Wildman–Crippen MR) is 65.1 cm³/mol. The Hall–Kier alpha value is -0.0800. The van der Waals surface area contributed by atoms with Crippen molar-refractivity contribution in [3.8, 4) is 0 Å². The molecule has 0 atom stereocenters. The molecule has 0 aliphatic carbocycles. The van der Waals surface area contributed by atoms with E-state index in [1.807, 2.05) is 0 Å². The van der Waals surface area contributed by atoms with Gasteiger partial charge in [-0.1, -0.05) is 13.8 Å². The van der Waals surface area contributed by atoms with E-state index in [1.54, 1.807) is 0 Å². The summed E-state index contributed by atoms with van der Waals surface area (Å²) in [7, 11) is 0. The van der Waals surface area contributed by atoms with Gasteiger partial charge < -0.3 is 10.1 Å². The SMILES string of the molecule is CC(C)C1(CNC(C)(C)C)CCOCC1. The molecule has 0 aromatic rings. The Kier molecular flexibility index (Phi) is 4.19. The summed E-state index contributed by atoms with van der Waals surface area (Å²) in [5, 5.41) is 3.66. The van der Waals surface area contributed by atoms with Crippen LogP contribution in [0.15, 0.2) is 0 Å². The van der Waals surface area contributed by atoms with E-state index in [-0.39, 0.29) is 5.54 Å². The highest BCUT2D eigenvalue weighted by Gasteiger charge is 2.36. The molecule has 15 heavy (non-hydrogen) atoms. The Morgan fingerprint density at radius 3 is 2.13 bits per heavy atom. The average Bonchev–Trinajstić information content (AvgIpc) is 2.15. The van der Waals surface area contributed by atoms with Gasteiger partial charge in [-0.3, -0.25) is 0 Å². The third-order valence-electron chi connectivity index (χ3n) is 3.68. The number of rotatable bonds is 3. The van der Waals surface area contributed by atoms with Crippen LogP contribution in [0.2, 0.25) is 0 Å². The van der Waals surface area contributed by atoms with E-state index in [1.165, 1.54) is 12.8 Å². The number of ether oxygens (including phenoxy) is 1. The molecule has 0 bridgehead atoms. The molecule has 1 rings (SSSR count). The van der Waals surface area contributed by atoms with Gasteiger partial charge in [0, 0.05) is 25.3 Å². The lowest BCUT2D eigenvalue weighted by Gasteiger charge is -2.42. The van der Waals surface area contributed by atoms with E-state index in [9.17, 15) is 0 Å². The van der Waals surface area contributed by atoms with Crippen LogP contribution in [0.25, 0.3) is 0 Å². The maximum absolute atomic E-state index is 5.48. The van der Waals surface area contributed by atoms with E-state index < -0.39 is 0 Å². The van der Waals surface area contributed by atoms with Gasteiger partial charge in [0.05, 0.1) is 0 Å². The minimum atomic E-state index is 0.222. The summed E-state index contributed by atoms with van der Waals surface area (Å²) in [5.74, 6) is 0.733. The van der Waals surface area contributed by atoms with Gasteiger partial charge in [-0.05, 0) is 44.9 Å². The number of hydrogen-bond donors (Lipinski definition) is 1. The van der Waals surface area contributed by atoms with E-state index in [0.29, 0.717) is 5.41 Å². The van der Waals surface area contributed by atoms with Gasteiger partial charge in [0.1, 0.15) is 0 Å². The van der Waals surface area contributed by atoms with Gasteiger partial charge in [-0.2, -0.15) is 0 Å². The third-order valence-corrected chi connectivity index (χ3v) is 3.68. The number of hydrogen-bond acceptors (Lipinski definition) is 2. The van der Waals surface area contributed by atoms with Crippen LogP contribution in [-0.4, -0.2) is 25.3 Å². The van der Waals surface area contributed by atoms with Crippen LogP contribution in [0.1, 0.15) is 47.5 Å². The molecule has 0 unspecified atom stereocenters. The summed E-state index contributed by atoms with van der Waals surface area (Å²) in [6, 6.07) is 0. The van der Waals surface area contributed by atoms with Gasteiger partial charge in [0.15, 0.2) is 0 Å². The standard InChI is InChI=1S/C13H27NO/c1-11(2)13(6-8-15-9-7-13)10-14-12(3,4)5/h11,14H,6-10H2,1-5H3. The first-order chi connectivity index (χ1) is 6.86. The quantitative estimate of drug-likeness (QED) is 0.778. The Labute approximate surface area is 94.8 Å². The molecule has 1 heterocycles. The van der Waals surface area contributed by atoms with Crippen molar-refractivity contribution >= 4 is 0 Å². The molecule has 1 aliphatic heterocycles. The summed E-state index contributed by atoms with van der Waals surface area (Å²) in [6.07, 6.45) is 2.40. The largest absolute Gasteiger partial charge is 0.381 e. The van der Waals surface area contributed by atoms with Crippen LogP contribution in [0, 0.1) is 11.3 Å². The van der Waals surface area contributed by atoms with E-state index >= 15 is 0 Å². The van der Waals surface area contributed by atoms with Crippen molar-refractivity contribution in [1.82, 2.24) is 5.32 Å². The third kappa shape index (κ3) is 3.76. The Morgan fingerprint density at radius 2 is 1.73 bits per heavy atom. The summed E-state index contributed by atoms with van der Waals surface area (Å²) >= 11 is 0. The summed E-state index contributed by atoms with van der Waals surface area (Å²) in [4.78, 5) is 0. The smallest absolute Gasteiger partial charge is 0.0471 e. The fourth-order valence-electron chi connectivity index (χ4n) is 2.18. The van der Waals surface area contributed by atoms with Crippen molar-refractivity contribution in [2.75, 3.05) is 19.8 Å². The highest BCUT2D eigenvalue weighted by Crippen LogP contribution is 2.37. The molecule has 2 nitrogen and oxygen atoms in total. The lowest BCUT2D eigenvalue weighted by Crippen LogP contribution is -2.48. The molecular formula is C13H27NO. The van der Waals surface area contributed by atoms with Gasteiger partial charge in [-0.15, -0.1) is 0 Å². The maximum Gasteiger partial charge on any atom is 0.0471 e. The first kappa shape index (κ1) is 13.0. The summed E-state index contributed by atoms with van der Waals surface area (Å²) in [6.45, 7) is 14.4. The molecule has 1 fully saturated rings. The molecule has 0 saturated carbocycles. The normalized spacial score (nSPS) is 22.0. The van der Waals surface area contributed by atoms with Crippen LogP contribution in [0.3, 0.4) is 0 Å². The van der Waals surface area contributed by atoms with Crippen LogP contribution < -0.4 is 5.32 Å². The van der Waals surface area contributed by atoms with Gasteiger partial charge >= 0.3 is 0 Å². The first-order valence-corrected chi connectivity index (χ1v) is 6.18. The molecule has 1 N–H and O–H groups in total. The Balaban J connectivity index is 2.57. The molecule has 0 aromatic heterocycles. The molecule has 0 spiro atoms. The summed E-state index contributed by atoms with van der Waals surface area (Å²) < 4.78 is 5.48.